The van der Waals surface area contributed by atoms with E-state index in [1.165, 1.54) is 0 Å². The van der Waals surface area contributed by atoms with Crippen LogP contribution in [-0.2, 0) is 11.2 Å². The van der Waals surface area contributed by atoms with Gasteiger partial charge in [-0.15, -0.1) is 0 Å². The van der Waals surface area contributed by atoms with Crippen LogP contribution in [0, 0.1) is 29.1 Å². The van der Waals surface area contributed by atoms with Gasteiger partial charge in [0.1, 0.15) is 12.0 Å². The van der Waals surface area contributed by atoms with Crippen molar-refractivity contribution in [1.82, 2.24) is 0 Å². The van der Waals surface area contributed by atoms with Gasteiger partial charge in [0.15, 0.2) is 0 Å². The predicted molar refractivity (Wildman–Crippen MR) is 83.4 cm³/mol. The standard InChI is InChI=1S/C19H24O3/c20-5-4-19(11-12-2-1-3-17(21)6-12)15-7-13-8-16(19)10-14(9-15)18(13)22/h1-3,5-6,13-16,18,21-22H,4,7-11H2. The average Bonchev–Trinajstić information content (AvgIpc) is 2.46. The lowest BCUT2D eigenvalue weighted by atomic mass is 9.43. The van der Waals surface area contributed by atoms with Crippen molar-refractivity contribution in [1.29, 1.82) is 0 Å². The summed E-state index contributed by atoms with van der Waals surface area (Å²) in [6.45, 7) is 0. The van der Waals surface area contributed by atoms with Crippen LogP contribution in [0.5, 0.6) is 5.75 Å². The SMILES string of the molecule is O=CCC1(Cc2cccc(O)c2)C2CC3CC1CC(C2)C3O. The predicted octanol–water partition coefficient (Wildman–Crippen LogP) is 2.94. The fraction of sp³-hybridized carbons (Fsp3) is 0.632. The summed E-state index contributed by atoms with van der Waals surface area (Å²) in [5.74, 6) is 2.30. The van der Waals surface area contributed by atoms with Crippen LogP contribution >= 0.6 is 0 Å². The summed E-state index contributed by atoms with van der Waals surface area (Å²) in [7, 11) is 0. The molecule has 4 bridgehead atoms. The first kappa shape index (κ1) is 14.3. The minimum atomic E-state index is -0.109. The van der Waals surface area contributed by atoms with Crippen molar-refractivity contribution in [2.45, 2.75) is 44.6 Å². The molecule has 4 aliphatic carbocycles. The molecule has 0 radical (unpaired) electrons. The van der Waals surface area contributed by atoms with Gasteiger partial charge in [0.25, 0.3) is 0 Å². The zero-order chi connectivity index (χ0) is 15.3. The minimum absolute atomic E-state index is 0.0443. The molecule has 3 heteroatoms. The summed E-state index contributed by atoms with van der Waals surface area (Å²) in [6.07, 6.45) is 6.77. The van der Waals surface area contributed by atoms with Crippen molar-refractivity contribution < 1.29 is 15.0 Å². The normalized spacial score (nSPS) is 42.5. The Labute approximate surface area is 131 Å². The van der Waals surface area contributed by atoms with E-state index in [9.17, 15) is 15.0 Å². The molecule has 0 atom stereocenters. The Morgan fingerprint density at radius 2 is 1.77 bits per heavy atom. The van der Waals surface area contributed by atoms with Gasteiger partial charge >= 0.3 is 0 Å². The molecular weight excluding hydrogens is 276 g/mol. The molecule has 1 aromatic carbocycles. The van der Waals surface area contributed by atoms with Gasteiger partial charge in [-0.2, -0.15) is 0 Å². The summed E-state index contributed by atoms with van der Waals surface area (Å²) in [5, 5.41) is 20.1. The maximum absolute atomic E-state index is 11.4. The second kappa shape index (κ2) is 5.09. The number of aldehydes is 1. The molecule has 4 saturated carbocycles. The fourth-order valence-electron chi connectivity index (χ4n) is 5.96. The van der Waals surface area contributed by atoms with Crippen LogP contribution in [0.25, 0.3) is 0 Å². The van der Waals surface area contributed by atoms with E-state index >= 15 is 0 Å². The van der Waals surface area contributed by atoms with Crippen LogP contribution in [0.1, 0.15) is 37.7 Å². The van der Waals surface area contributed by atoms with Crippen molar-refractivity contribution in [3.8, 4) is 5.75 Å². The van der Waals surface area contributed by atoms with Gasteiger partial charge in [-0.25, -0.2) is 0 Å². The van der Waals surface area contributed by atoms with Crippen LogP contribution in [0.3, 0.4) is 0 Å². The summed E-state index contributed by atoms with van der Waals surface area (Å²) < 4.78 is 0. The lowest BCUT2D eigenvalue weighted by Gasteiger charge is -2.62. The second-order valence-electron chi connectivity index (χ2n) is 7.80. The number of aliphatic hydroxyl groups is 1. The van der Waals surface area contributed by atoms with Gasteiger partial charge in [-0.1, -0.05) is 12.1 Å². The molecule has 118 valence electrons. The van der Waals surface area contributed by atoms with Gasteiger partial charge in [0.05, 0.1) is 6.10 Å². The number of benzene rings is 1. The number of phenols is 1. The highest BCUT2D eigenvalue weighted by molar-refractivity contribution is 5.52. The van der Waals surface area contributed by atoms with Gasteiger partial charge in [0, 0.05) is 6.42 Å². The van der Waals surface area contributed by atoms with Gasteiger partial charge in [0.2, 0.25) is 0 Å². The number of hydrogen-bond donors (Lipinski definition) is 2. The van der Waals surface area contributed by atoms with E-state index in [1.807, 2.05) is 12.1 Å². The zero-order valence-corrected chi connectivity index (χ0v) is 12.8. The first-order valence-electron chi connectivity index (χ1n) is 8.52. The minimum Gasteiger partial charge on any atom is -0.508 e. The van der Waals surface area contributed by atoms with Crippen molar-refractivity contribution in [3.63, 3.8) is 0 Å². The first-order valence-corrected chi connectivity index (χ1v) is 8.52. The van der Waals surface area contributed by atoms with E-state index in [0.717, 1.165) is 44.0 Å². The summed E-state index contributed by atoms with van der Waals surface area (Å²) in [4.78, 5) is 11.4. The van der Waals surface area contributed by atoms with Crippen LogP contribution < -0.4 is 0 Å². The summed E-state index contributed by atoms with van der Waals surface area (Å²) in [6, 6.07) is 7.49. The van der Waals surface area contributed by atoms with Crippen LogP contribution in [0.15, 0.2) is 24.3 Å². The molecule has 4 aliphatic rings. The van der Waals surface area contributed by atoms with E-state index in [0.29, 0.717) is 35.8 Å². The highest BCUT2D eigenvalue weighted by atomic mass is 16.3. The van der Waals surface area contributed by atoms with Gasteiger partial charge in [-0.3, -0.25) is 0 Å². The Bertz CT molecular complexity index is 550. The van der Waals surface area contributed by atoms with Crippen LogP contribution in [-0.4, -0.2) is 22.6 Å². The maximum atomic E-state index is 11.4. The molecule has 0 aliphatic heterocycles. The second-order valence-corrected chi connectivity index (χ2v) is 7.80. The number of phenolic OH excluding ortho intramolecular Hbond substituents is 1. The maximum Gasteiger partial charge on any atom is 0.120 e. The summed E-state index contributed by atoms with van der Waals surface area (Å²) >= 11 is 0. The molecule has 22 heavy (non-hydrogen) atoms. The lowest BCUT2D eigenvalue weighted by Crippen LogP contribution is -2.58. The third-order valence-corrected chi connectivity index (χ3v) is 6.85. The molecule has 0 aromatic heterocycles. The van der Waals surface area contributed by atoms with E-state index in [-0.39, 0.29) is 11.5 Å². The van der Waals surface area contributed by atoms with E-state index in [2.05, 4.69) is 6.07 Å². The molecule has 0 amide bonds. The van der Waals surface area contributed by atoms with Crippen molar-refractivity contribution in [2.24, 2.45) is 29.1 Å². The molecule has 0 spiro atoms. The zero-order valence-electron chi connectivity index (χ0n) is 12.8. The Morgan fingerprint density at radius 3 is 2.32 bits per heavy atom. The van der Waals surface area contributed by atoms with Crippen molar-refractivity contribution >= 4 is 6.29 Å². The van der Waals surface area contributed by atoms with E-state index in [1.54, 1.807) is 6.07 Å². The average molecular weight is 300 g/mol. The van der Waals surface area contributed by atoms with Crippen LogP contribution in [0.4, 0.5) is 0 Å². The third kappa shape index (κ3) is 2.02. The number of carbonyl (C=O) groups is 1. The van der Waals surface area contributed by atoms with E-state index < -0.39 is 0 Å². The Kier molecular flexibility index (Phi) is 3.30. The highest BCUT2D eigenvalue weighted by Crippen LogP contribution is 2.64. The Morgan fingerprint density at radius 1 is 1.14 bits per heavy atom. The van der Waals surface area contributed by atoms with E-state index in [4.69, 9.17) is 0 Å². The molecule has 4 fully saturated rings. The molecule has 0 saturated heterocycles. The van der Waals surface area contributed by atoms with Gasteiger partial charge in [-0.05, 0) is 78.9 Å². The molecule has 1 aromatic rings. The number of rotatable bonds is 4. The van der Waals surface area contributed by atoms with Gasteiger partial charge < -0.3 is 15.0 Å². The first-order chi connectivity index (χ1) is 10.6. The lowest BCUT2D eigenvalue weighted by molar-refractivity contribution is -0.169. The van der Waals surface area contributed by atoms with Crippen molar-refractivity contribution in [3.05, 3.63) is 29.8 Å². The molecule has 2 N–H and O–H groups in total. The largest absolute Gasteiger partial charge is 0.508 e. The number of aliphatic hydroxyl groups excluding tert-OH is 1. The molecule has 3 nitrogen and oxygen atoms in total. The fourth-order valence-corrected chi connectivity index (χ4v) is 5.96. The van der Waals surface area contributed by atoms with Crippen molar-refractivity contribution in [2.75, 3.05) is 0 Å². The number of aromatic hydroxyl groups is 1. The number of carbonyl (C=O) groups excluding carboxylic acids is 1. The smallest absolute Gasteiger partial charge is 0.120 e. The topological polar surface area (TPSA) is 57.5 Å². The monoisotopic (exact) mass is 300 g/mol. The third-order valence-electron chi connectivity index (χ3n) is 6.85. The molecular formula is C19H24O3. The Balaban J connectivity index is 1.67. The quantitative estimate of drug-likeness (QED) is 0.841. The number of hydrogen-bond acceptors (Lipinski definition) is 3. The summed E-state index contributed by atoms with van der Waals surface area (Å²) in [5.41, 5.74) is 1.18. The molecule has 0 unspecified atom stereocenters. The van der Waals surface area contributed by atoms with Crippen LogP contribution in [0.2, 0.25) is 0 Å². The highest BCUT2D eigenvalue weighted by Gasteiger charge is 2.59. The Hall–Kier alpha value is -1.35. The molecule has 0 heterocycles. The molecule has 5 rings (SSSR count).